The van der Waals surface area contributed by atoms with E-state index in [0.29, 0.717) is 17.7 Å². The molecule has 0 aliphatic heterocycles. The molecule has 100 valence electrons. The molecule has 0 aromatic heterocycles. The predicted molar refractivity (Wildman–Crippen MR) is 65.8 cm³/mol. The van der Waals surface area contributed by atoms with Gasteiger partial charge in [0.1, 0.15) is 11.6 Å². The summed E-state index contributed by atoms with van der Waals surface area (Å²) in [6.07, 6.45) is 0.664. The number of rotatable bonds is 6. The maximum atomic E-state index is 13.2. The summed E-state index contributed by atoms with van der Waals surface area (Å²) in [5.74, 6) is -0.0171. The van der Waals surface area contributed by atoms with Crippen molar-refractivity contribution in [1.29, 1.82) is 0 Å². The van der Waals surface area contributed by atoms with Crippen molar-refractivity contribution in [2.75, 3.05) is 13.7 Å². The van der Waals surface area contributed by atoms with Gasteiger partial charge in [-0.1, -0.05) is 0 Å². The van der Waals surface area contributed by atoms with Gasteiger partial charge < -0.3 is 15.2 Å². The molecule has 0 saturated carbocycles. The van der Waals surface area contributed by atoms with Crippen LogP contribution in [0.25, 0.3) is 0 Å². The highest BCUT2D eigenvalue weighted by molar-refractivity contribution is 5.76. The van der Waals surface area contributed by atoms with Crippen LogP contribution in [0.15, 0.2) is 18.2 Å². The van der Waals surface area contributed by atoms with E-state index in [1.54, 1.807) is 6.92 Å². The van der Waals surface area contributed by atoms with Crippen LogP contribution in [0, 0.1) is 5.82 Å². The first-order valence-electron chi connectivity index (χ1n) is 5.82. The fourth-order valence-corrected chi connectivity index (χ4v) is 1.67. The average molecular weight is 255 g/mol. The Morgan fingerprint density at radius 1 is 1.56 bits per heavy atom. The van der Waals surface area contributed by atoms with Crippen LogP contribution >= 0.6 is 0 Å². The fourth-order valence-electron chi connectivity index (χ4n) is 1.67. The number of hydrogen-bond acceptors (Lipinski definition) is 3. The molecule has 0 aliphatic rings. The first kappa shape index (κ1) is 14.4. The highest BCUT2D eigenvalue weighted by atomic mass is 19.1. The van der Waals surface area contributed by atoms with Gasteiger partial charge in [0.25, 0.3) is 0 Å². The Morgan fingerprint density at radius 2 is 2.28 bits per heavy atom. The summed E-state index contributed by atoms with van der Waals surface area (Å²) in [5.41, 5.74) is 0.592. The van der Waals surface area contributed by atoms with Crippen molar-refractivity contribution in [1.82, 2.24) is 5.32 Å². The van der Waals surface area contributed by atoms with Gasteiger partial charge in [0, 0.05) is 18.6 Å². The molecule has 0 fully saturated rings. The van der Waals surface area contributed by atoms with Crippen LogP contribution in [-0.4, -0.2) is 24.7 Å². The predicted octanol–water partition coefficient (Wildman–Crippen LogP) is 1.78. The molecule has 1 unspecified atom stereocenters. The number of ether oxygens (including phenoxy) is 1. The van der Waals surface area contributed by atoms with Crippen molar-refractivity contribution in [3.05, 3.63) is 29.6 Å². The molecule has 5 heteroatoms. The number of aliphatic hydroxyl groups is 1. The van der Waals surface area contributed by atoms with Gasteiger partial charge in [-0.05, 0) is 31.5 Å². The van der Waals surface area contributed by atoms with Crippen LogP contribution in [0.2, 0.25) is 0 Å². The highest BCUT2D eigenvalue weighted by Gasteiger charge is 2.14. The second-order valence-corrected chi connectivity index (χ2v) is 4.00. The lowest BCUT2D eigenvalue weighted by molar-refractivity contribution is -0.122. The van der Waals surface area contributed by atoms with Gasteiger partial charge in [0.05, 0.1) is 13.2 Å². The van der Waals surface area contributed by atoms with Crippen molar-refractivity contribution in [3.63, 3.8) is 0 Å². The molecule has 0 aliphatic carbocycles. The quantitative estimate of drug-likeness (QED) is 0.814. The van der Waals surface area contributed by atoms with E-state index in [9.17, 15) is 9.18 Å². The summed E-state index contributed by atoms with van der Waals surface area (Å²) in [6, 6.07) is 3.83. The number of halogens is 1. The number of amides is 1. The number of benzene rings is 1. The van der Waals surface area contributed by atoms with Gasteiger partial charge in [-0.15, -0.1) is 0 Å². The number of nitrogens with one attached hydrogen (secondary N) is 1. The smallest absolute Gasteiger partial charge is 0.220 e. The first-order valence-corrected chi connectivity index (χ1v) is 5.82. The second kappa shape index (κ2) is 6.96. The van der Waals surface area contributed by atoms with Gasteiger partial charge in [-0.3, -0.25) is 4.79 Å². The molecule has 1 aromatic carbocycles. The SMILES string of the molecule is COc1ccc(F)cc1C(C)NC(=O)CCCO. The Labute approximate surface area is 106 Å². The zero-order chi connectivity index (χ0) is 13.5. The molecule has 4 nitrogen and oxygen atoms in total. The average Bonchev–Trinajstić information content (AvgIpc) is 2.36. The van der Waals surface area contributed by atoms with E-state index < -0.39 is 0 Å². The Bertz CT molecular complexity index is 409. The molecule has 0 radical (unpaired) electrons. The monoisotopic (exact) mass is 255 g/mol. The molecule has 0 bridgehead atoms. The third-order valence-corrected chi connectivity index (χ3v) is 2.60. The zero-order valence-electron chi connectivity index (χ0n) is 10.6. The Hall–Kier alpha value is -1.62. The second-order valence-electron chi connectivity index (χ2n) is 4.00. The zero-order valence-corrected chi connectivity index (χ0v) is 10.6. The van der Waals surface area contributed by atoms with E-state index in [2.05, 4.69) is 5.32 Å². The molecule has 1 aromatic rings. The summed E-state index contributed by atoms with van der Waals surface area (Å²) >= 11 is 0. The molecule has 2 N–H and O–H groups in total. The van der Waals surface area contributed by atoms with Gasteiger partial charge in [-0.2, -0.15) is 0 Å². The summed E-state index contributed by atoms with van der Waals surface area (Å²) in [5, 5.41) is 11.4. The maximum Gasteiger partial charge on any atom is 0.220 e. The Morgan fingerprint density at radius 3 is 2.89 bits per heavy atom. The summed E-state index contributed by atoms with van der Waals surface area (Å²) in [6.45, 7) is 1.74. The highest BCUT2D eigenvalue weighted by Crippen LogP contribution is 2.25. The van der Waals surface area contributed by atoms with Gasteiger partial charge in [0.15, 0.2) is 0 Å². The van der Waals surface area contributed by atoms with Crippen LogP contribution < -0.4 is 10.1 Å². The van der Waals surface area contributed by atoms with E-state index in [4.69, 9.17) is 9.84 Å². The molecule has 0 saturated heterocycles. The summed E-state index contributed by atoms with van der Waals surface area (Å²) < 4.78 is 18.3. The van der Waals surface area contributed by atoms with Crippen molar-refractivity contribution >= 4 is 5.91 Å². The molecule has 0 heterocycles. The Kier molecular flexibility index (Phi) is 5.58. The molecular weight excluding hydrogens is 237 g/mol. The topological polar surface area (TPSA) is 58.6 Å². The molecule has 18 heavy (non-hydrogen) atoms. The normalized spacial score (nSPS) is 12.0. The van der Waals surface area contributed by atoms with Crippen LogP contribution in [0.1, 0.15) is 31.4 Å². The molecule has 1 rings (SSSR count). The minimum atomic E-state index is -0.373. The lowest BCUT2D eigenvalue weighted by Gasteiger charge is -2.17. The minimum absolute atomic E-state index is 0.0227. The maximum absolute atomic E-state index is 13.2. The standard InChI is InChI=1S/C13H18FNO3/c1-9(15-13(17)4-3-7-16)11-8-10(14)5-6-12(11)18-2/h5-6,8-9,16H,3-4,7H2,1-2H3,(H,15,17). The van der Waals surface area contributed by atoms with E-state index in [1.165, 1.54) is 25.3 Å². The molecule has 1 amide bonds. The van der Waals surface area contributed by atoms with E-state index in [1.807, 2.05) is 0 Å². The van der Waals surface area contributed by atoms with Crippen LogP contribution in [0.3, 0.4) is 0 Å². The fraction of sp³-hybridized carbons (Fsp3) is 0.462. The number of carbonyl (C=O) groups excluding carboxylic acids is 1. The number of carbonyl (C=O) groups is 1. The van der Waals surface area contributed by atoms with E-state index >= 15 is 0 Å². The molecular formula is C13H18FNO3. The third kappa shape index (κ3) is 4.00. The van der Waals surface area contributed by atoms with E-state index in [0.717, 1.165) is 0 Å². The van der Waals surface area contributed by atoms with Crippen LogP contribution in [0.5, 0.6) is 5.75 Å². The number of hydrogen-bond donors (Lipinski definition) is 2. The third-order valence-electron chi connectivity index (χ3n) is 2.60. The summed E-state index contributed by atoms with van der Waals surface area (Å²) in [4.78, 5) is 11.5. The van der Waals surface area contributed by atoms with Crippen LogP contribution in [0.4, 0.5) is 4.39 Å². The van der Waals surface area contributed by atoms with Gasteiger partial charge >= 0.3 is 0 Å². The molecule has 1 atom stereocenters. The largest absolute Gasteiger partial charge is 0.496 e. The molecule has 0 spiro atoms. The van der Waals surface area contributed by atoms with Crippen LogP contribution in [-0.2, 0) is 4.79 Å². The lowest BCUT2D eigenvalue weighted by Crippen LogP contribution is -2.26. The van der Waals surface area contributed by atoms with Crippen molar-refractivity contribution in [2.24, 2.45) is 0 Å². The summed E-state index contributed by atoms with van der Waals surface area (Å²) in [7, 11) is 1.50. The number of aliphatic hydroxyl groups excluding tert-OH is 1. The minimum Gasteiger partial charge on any atom is -0.496 e. The van der Waals surface area contributed by atoms with Gasteiger partial charge in [0.2, 0.25) is 5.91 Å². The van der Waals surface area contributed by atoms with E-state index in [-0.39, 0.29) is 30.8 Å². The Balaban J connectivity index is 2.73. The van der Waals surface area contributed by atoms with Crippen molar-refractivity contribution < 1.29 is 19.0 Å². The van der Waals surface area contributed by atoms with Crippen molar-refractivity contribution in [2.45, 2.75) is 25.8 Å². The van der Waals surface area contributed by atoms with Crippen molar-refractivity contribution in [3.8, 4) is 5.75 Å². The lowest BCUT2D eigenvalue weighted by atomic mass is 10.1. The number of methoxy groups -OCH3 is 1. The van der Waals surface area contributed by atoms with Gasteiger partial charge in [-0.25, -0.2) is 4.39 Å². The first-order chi connectivity index (χ1) is 8.58.